The van der Waals surface area contributed by atoms with Crippen LogP contribution in [0.4, 0.5) is 0 Å². The maximum absolute atomic E-state index is 13.8. The fraction of sp³-hybridized carbons (Fsp3) is 0.484. The van der Waals surface area contributed by atoms with Gasteiger partial charge >= 0.3 is 11.9 Å². The lowest BCUT2D eigenvalue weighted by molar-refractivity contribution is -0.171. The Bertz CT molecular complexity index is 1160. The number of halogens is 1. The average molecular weight is 542 g/mol. The van der Waals surface area contributed by atoms with E-state index >= 15 is 0 Å². The Morgan fingerprint density at radius 2 is 1.55 bits per heavy atom. The molecule has 206 valence electrons. The topological polar surface area (TPSA) is 84.9 Å². The highest BCUT2D eigenvalue weighted by Gasteiger charge is 2.53. The molecule has 2 aromatic carbocycles. The molecule has 6 nitrogen and oxygen atoms in total. The lowest BCUT2D eigenvalue weighted by atomic mass is 9.65. The highest BCUT2D eigenvalue weighted by atomic mass is 35.5. The van der Waals surface area contributed by atoms with Crippen LogP contribution in [0, 0.1) is 5.92 Å². The predicted octanol–water partition coefficient (Wildman–Crippen LogP) is 5.96. The number of carbonyl (C=O) groups is 2. The first kappa shape index (κ1) is 29.7. The molecule has 3 atom stereocenters. The molecule has 0 saturated heterocycles. The van der Waals surface area contributed by atoms with Gasteiger partial charge in [-0.3, -0.25) is 4.79 Å². The first-order chi connectivity index (χ1) is 17.6. The van der Waals surface area contributed by atoms with Gasteiger partial charge in [-0.25, -0.2) is 4.79 Å². The lowest BCUT2D eigenvalue weighted by Crippen LogP contribution is -2.52. The van der Waals surface area contributed by atoms with Gasteiger partial charge in [0.1, 0.15) is 11.2 Å². The fourth-order valence-corrected chi connectivity index (χ4v) is 4.93. The van der Waals surface area contributed by atoms with Gasteiger partial charge in [-0.2, -0.15) is 0 Å². The number of benzene rings is 2. The highest BCUT2D eigenvalue weighted by Crippen LogP contribution is 2.48. The van der Waals surface area contributed by atoms with Crippen molar-refractivity contribution in [3.63, 3.8) is 0 Å². The van der Waals surface area contributed by atoms with E-state index in [4.69, 9.17) is 21.1 Å². The van der Waals surface area contributed by atoms with Crippen molar-refractivity contribution in [2.45, 2.75) is 84.0 Å². The first-order valence-electron chi connectivity index (χ1n) is 13.0. The van der Waals surface area contributed by atoms with Gasteiger partial charge in [-0.05, 0) is 78.1 Å². The second kappa shape index (κ2) is 11.5. The van der Waals surface area contributed by atoms with E-state index in [0.29, 0.717) is 28.4 Å². The number of hydrogen-bond acceptors (Lipinski definition) is 6. The molecule has 38 heavy (non-hydrogen) atoms. The largest absolute Gasteiger partial charge is 0.460 e. The molecule has 7 heteroatoms. The minimum Gasteiger partial charge on any atom is -0.460 e. The van der Waals surface area contributed by atoms with E-state index < -0.39 is 40.6 Å². The Morgan fingerprint density at radius 3 is 2.11 bits per heavy atom. The van der Waals surface area contributed by atoms with Crippen LogP contribution in [0.3, 0.4) is 0 Å². The number of nitrogens with one attached hydrogen (secondary N) is 1. The molecule has 2 aromatic rings. The molecule has 0 unspecified atom stereocenters. The lowest BCUT2D eigenvalue weighted by Gasteiger charge is -2.44. The summed E-state index contributed by atoms with van der Waals surface area (Å²) in [6.07, 6.45) is 0.777. The van der Waals surface area contributed by atoms with Gasteiger partial charge in [-0.15, -0.1) is 0 Å². The van der Waals surface area contributed by atoms with Crippen molar-refractivity contribution in [3.05, 3.63) is 82.0 Å². The van der Waals surface area contributed by atoms with E-state index in [2.05, 4.69) is 5.32 Å². The van der Waals surface area contributed by atoms with Crippen molar-refractivity contribution in [1.82, 2.24) is 5.32 Å². The summed E-state index contributed by atoms with van der Waals surface area (Å²) in [5.41, 5.74) is -0.367. The molecule has 0 fully saturated rings. The maximum atomic E-state index is 13.8. The second-order valence-corrected chi connectivity index (χ2v) is 12.6. The van der Waals surface area contributed by atoms with Crippen LogP contribution in [-0.2, 0) is 25.5 Å². The van der Waals surface area contributed by atoms with Gasteiger partial charge in [0.2, 0.25) is 0 Å². The molecule has 0 saturated carbocycles. The van der Waals surface area contributed by atoms with E-state index in [1.807, 2.05) is 30.3 Å². The molecule has 1 aliphatic rings. The zero-order chi connectivity index (χ0) is 28.3. The molecule has 3 rings (SSSR count). The van der Waals surface area contributed by atoms with E-state index in [9.17, 15) is 14.7 Å². The average Bonchev–Trinajstić information content (AvgIpc) is 2.76. The molecular formula is C31H40ClNO5. The minimum absolute atomic E-state index is 0.0599. The Hall–Kier alpha value is -2.83. The standard InChI is InChI=1S/C31H40ClNO5/c1-29(2,3)37-27(34)25-23(33-18-17-20-11-9-8-10-12-20)19-31(7,36)26(28(35)38-30(4,5)6)24(25)21-13-15-22(32)16-14-21/h8-16,24,26,33,36H,17-19H2,1-7H3/t24-,26-,31-/m0/s1. The van der Waals surface area contributed by atoms with E-state index in [-0.39, 0.29) is 6.42 Å². The van der Waals surface area contributed by atoms with Crippen molar-refractivity contribution in [3.8, 4) is 0 Å². The number of ether oxygens (including phenoxy) is 2. The molecule has 0 aliphatic heterocycles. The third kappa shape index (κ3) is 7.84. The maximum Gasteiger partial charge on any atom is 0.336 e. The van der Waals surface area contributed by atoms with Gasteiger partial charge in [0.25, 0.3) is 0 Å². The smallest absolute Gasteiger partial charge is 0.336 e. The molecule has 2 N–H and O–H groups in total. The summed E-state index contributed by atoms with van der Waals surface area (Å²) in [4.78, 5) is 27.4. The zero-order valence-corrected chi connectivity index (χ0v) is 24.2. The van der Waals surface area contributed by atoms with E-state index in [1.165, 1.54) is 0 Å². The summed E-state index contributed by atoms with van der Waals surface area (Å²) in [7, 11) is 0. The summed E-state index contributed by atoms with van der Waals surface area (Å²) in [6.45, 7) is 12.9. The van der Waals surface area contributed by atoms with Crippen molar-refractivity contribution >= 4 is 23.5 Å². The first-order valence-corrected chi connectivity index (χ1v) is 13.4. The number of aliphatic hydroxyl groups is 1. The summed E-state index contributed by atoms with van der Waals surface area (Å²) in [5, 5.41) is 15.7. The SMILES string of the molecule is CC(C)(C)OC(=O)C1=C(NCCc2ccccc2)C[C@](C)(O)[C@H](C(=O)OC(C)(C)C)[C@H]1c1ccc(Cl)cc1. The molecular weight excluding hydrogens is 502 g/mol. The van der Waals surface area contributed by atoms with E-state index in [0.717, 1.165) is 12.0 Å². The zero-order valence-electron chi connectivity index (χ0n) is 23.4. The Morgan fingerprint density at radius 1 is 0.974 bits per heavy atom. The van der Waals surface area contributed by atoms with Gasteiger partial charge in [0.15, 0.2) is 0 Å². The summed E-state index contributed by atoms with van der Waals surface area (Å²) in [6, 6.07) is 17.0. The van der Waals surface area contributed by atoms with Crippen LogP contribution in [-0.4, -0.2) is 40.4 Å². The van der Waals surface area contributed by atoms with Crippen LogP contribution in [0.25, 0.3) is 0 Å². The van der Waals surface area contributed by atoms with Crippen LogP contribution in [0.5, 0.6) is 0 Å². The van der Waals surface area contributed by atoms with Crippen LogP contribution in [0.2, 0.25) is 5.02 Å². The Labute approximate surface area is 231 Å². The van der Waals surface area contributed by atoms with Gasteiger partial charge in [-0.1, -0.05) is 54.1 Å². The van der Waals surface area contributed by atoms with Crippen molar-refractivity contribution in [2.24, 2.45) is 5.92 Å². The Kier molecular flexibility index (Phi) is 9.00. The summed E-state index contributed by atoms with van der Waals surface area (Å²) < 4.78 is 11.6. The quantitative estimate of drug-likeness (QED) is 0.420. The van der Waals surface area contributed by atoms with Crippen LogP contribution in [0.15, 0.2) is 65.9 Å². The molecule has 1 aliphatic carbocycles. The van der Waals surface area contributed by atoms with Crippen LogP contribution in [0.1, 0.15) is 71.9 Å². The number of esters is 2. The van der Waals surface area contributed by atoms with Gasteiger partial charge < -0.3 is 19.9 Å². The van der Waals surface area contributed by atoms with Gasteiger partial charge in [0, 0.05) is 29.6 Å². The molecule has 0 spiro atoms. The minimum atomic E-state index is -1.51. The predicted molar refractivity (Wildman–Crippen MR) is 150 cm³/mol. The van der Waals surface area contributed by atoms with Crippen LogP contribution >= 0.6 is 11.6 Å². The van der Waals surface area contributed by atoms with Crippen LogP contribution < -0.4 is 5.32 Å². The fourth-order valence-electron chi connectivity index (χ4n) is 4.80. The number of hydrogen-bond donors (Lipinski definition) is 2. The highest BCUT2D eigenvalue weighted by molar-refractivity contribution is 6.30. The second-order valence-electron chi connectivity index (χ2n) is 12.1. The van der Waals surface area contributed by atoms with Crippen molar-refractivity contribution < 1.29 is 24.2 Å². The molecule has 0 aromatic heterocycles. The Balaban J connectivity index is 2.15. The van der Waals surface area contributed by atoms with E-state index in [1.54, 1.807) is 72.7 Å². The molecule has 0 heterocycles. The summed E-state index contributed by atoms with van der Waals surface area (Å²) >= 11 is 6.18. The molecule has 0 amide bonds. The van der Waals surface area contributed by atoms with Crippen molar-refractivity contribution in [1.29, 1.82) is 0 Å². The normalized spacial score (nSPS) is 22.1. The third-order valence-corrected chi connectivity index (χ3v) is 6.53. The number of rotatable bonds is 7. The molecule has 0 bridgehead atoms. The van der Waals surface area contributed by atoms with Crippen molar-refractivity contribution in [2.75, 3.05) is 6.54 Å². The monoisotopic (exact) mass is 541 g/mol. The molecule has 0 radical (unpaired) electrons. The number of carbonyl (C=O) groups excluding carboxylic acids is 2. The summed E-state index contributed by atoms with van der Waals surface area (Å²) in [5.74, 6) is -2.99. The van der Waals surface area contributed by atoms with Gasteiger partial charge in [0.05, 0.1) is 17.1 Å². The third-order valence-electron chi connectivity index (χ3n) is 6.28.